The van der Waals surface area contributed by atoms with Crippen LogP contribution in [0, 0.1) is 0 Å². The van der Waals surface area contributed by atoms with Crippen LogP contribution in [0.1, 0.15) is 0 Å². The molecule has 0 spiro atoms. The second-order valence-corrected chi connectivity index (χ2v) is 5.12. The zero-order valence-electron chi connectivity index (χ0n) is 11.9. The molecular weight excluding hydrogens is 272 g/mol. The van der Waals surface area contributed by atoms with E-state index in [-0.39, 0.29) is 5.56 Å². The van der Waals surface area contributed by atoms with Crippen LogP contribution < -0.4 is 5.56 Å². The molecule has 0 aliphatic carbocycles. The molecule has 0 N–H and O–H groups in total. The van der Waals surface area contributed by atoms with Gasteiger partial charge in [-0.15, -0.1) is 0 Å². The van der Waals surface area contributed by atoms with E-state index in [2.05, 4.69) is 0 Å². The minimum atomic E-state index is -0.00865. The maximum Gasteiger partial charge on any atom is 0.279 e. The van der Waals surface area contributed by atoms with Gasteiger partial charge in [0.25, 0.3) is 5.56 Å². The first kappa shape index (κ1) is 12.7. The Kier molecular flexibility index (Phi) is 2.90. The van der Waals surface area contributed by atoms with Gasteiger partial charge in [0.05, 0.1) is 22.3 Å². The molecule has 3 nitrogen and oxygen atoms in total. The van der Waals surface area contributed by atoms with Crippen molar-refractivity contribution in [2.75, 3.05) is 0 Å². The van der Waals surface area contributed by atoms with E-state index in [0.717, 1.165) is 22.3 Å². The molecule has 0 aliphatic rings. The highest BCUT2D eigenvalue weighted by atomic mass is 16.1. The normalized spacial score (nSPS) is 10.9. The number of nitrogens with zero attached hydrogens (tertiary/aromatic N) is 2. The molecule has 4 rings (SSSR count). The van der Waals surface area contributed by atoms with Gasteiger partial charge in [-0.25, -0.2) is 9.36 Å². The Balaban J connectivity index is 2.16. The molecular formula is C19H14N2O. The van der Waals surface area contributed by atoms with Crippen molar-refractivity contribution in [2.45, 2.75) is 0 Å². The molecule has 0 unspecified atom stereocenters. The molecule has 4 aromatic rings. The number of benzene rings is 3. The Morgan fingerprint density at radius 2 is 1.05 bits per heavy atom. The average Bonchev–Trinajstić information content (AvgIpc) is 2.90. The van der Waals surface area contributed by atoms with E-state index in [9.17, 15) is 4.79 Å². The van der Waals surface area contributed by atoms with Crippen molar-refractivity contribution < 1.29 is 0 Å². The highest BCUT2D eigenvalue weighted by molar-refractivity contribution is 5.81. The van der Waals surface area contributed by atoms with E-state index < -0.39 is 0 Å². The van der Waals surface area contributed by atoms with Gasteiger partial charge in [-0.1, -0.05) is 48.5 Å². The van der Waals surface area contributed by atoms with Gasteiger partial charge >= 0.3 is 0 Å². The Morgan fingerprint density at radius 1 is 0.545 bits per heavy atom. The third kappa shape index (κ3) is 1.87. The minimum absolute atomic E-state index is 0.00865. The quantitative estimate of drug-likeness (QED) is 0.551. The van der Waals surface area contributed by atoms with Gasteiger partial charge < -0.3 is 0 Å². The van der Waals surface area contributed by atoms with Crippen LogP contribution in [0.4, 0.5) is 0 Å². The standard InChI is InChI=1S/C19H14N2O/c22-19-17-13-7-8-14-18(17)20(15-9-3-1-4-10-15)21(19)16-11-5-2-6-12-16/h1-14H. The number of hydrogen-bond donors (Lipinski definition) is 0. The van der Waals surface area contributed by atoms with Crippen LogP contribution in [0.15, 0.2) is 89.7 Å². The van der Waals surface area contributed by atoms with E-state index in [1.807, 2.05) is 89.6 Å². The summed E-state index contributed by atoms with van der Waals surface area (Å²) in [5.41, 5.74) is 2.71. The molecule has 0 aliphatic heterocycles. The molecule has 3 heteroatoms. The molecule has 0 amide bonds. The van der Waals surface area contributed by atoms with Gasteiger partial charge in [-0.05, 0) is 36.4 Å². The van der Waals surface area contributed by atoms with Gasteiger partial charge in [0.2, 0.25) is 0 Å². The van der Waals surface area contributed by atoms with Crippen LogP contribution in [0.2, 0.25) is 0 Å². The summed E-state index contributed by atoms with van der Waals surface area (Å²) in [6.07, 6.45) is 0. The number of rotatable bonds is 2. The Morgan fingerprint density at radius 3 is 1.68 bits per heavy atom. The van der Waals surface area contributed by atoms with Gasteiger partial charge in [0.1, 0.15) is 0 Å². The Bertz CT molecular complexity index is 982. The summed E-state index contributed by atoms with van der Waals surface area (Å²) < 4.78 is 3.69. The van der Waals surface area contributed by atoms with Crippen molar-refractivity contribution in [3.8, 4) is 11.4 Å². The molecule has 0 saturated heterocycles. The fourth-order valence-electron chi connectivity index (χ4n) is 2.78. The minimum Gasteiger partial charge on any atom is -0.267 e. The first-order valence-corrected chi connectivity index (χ1v) is 7.20. The zero-order chi connectivity index (χ0) is 14.9. The molecule has 1 aromatic heterocycles. The van der Waals surface area contributed by atoms with Gasteiger partial charge in [-0.2, -0.15) is 0 Å². The fourth-order valence-corrected chi connectivity index (χ4v) is 2.78. The lowest BCUT2D eigenvalue weighted by atomic mass is 10.2. The number of aromatic nitrogens is 2. The van der Waals surface area contributed by atoms with E-state index in [0.29, 0.717) is 0 Å². The average molecular weight is 286 g/mol. The van der Waals surface area contributed by atoms with Crippen molar-refractivity contribution in [2.24, 2.45) is 0 Å². The van der Waals surface area contributed by atoms with Crippen LogP contribution in [0.25, 0.3) is 22.3 Å². The lowest BCUT2D eigenvalue weighted by molar-refractivity contribution is 0.742. The predicted octanol–water partition coefficient (Wildman–Crippen LogP) is 3.78. The summed E-state index contributed by atoms with van der Waals surface area (Å²) >= 11 is 0. The van der Waals surface area contributed by atoms with Crippen molar-refractivity contribution >= 4 is 10.9 Å². The first-order chi connectivity index (χ1) is 10.9. The zero-order valence-corrected chi connectivity index (χ0v) is 11.9. The molecule has 3 aromatic carbocycles. The molecule has 0 atom stereocenters. The smallest absolute Gasteiger partial charge is 0.267 e. The summed E-state index contributed by atoms with van der Waals surface area (Å²) in [7, 11) is 0. The maximum atomic E-state index is 12.9. The molecule has 0 bridgehead atoms. The molecule has 0 fully saturated rings. The molecule has 22 heavy (non-hydrogen) atoms. The van der Waals surface area contributed by atoms with Crippen LogP contribution in [0.5, 0.6) is 0 Å². The summed E-state index contributed by atoms with van der Waals surface area (Å²) in [5, 5.41) is 0.718. The van der Waals surface area contributed by atoms with E-state index in [1.165, 1.54) is 0 Å². The second-order valence-electron chi connectivity index (χ2n) is 5.12. The second kappa shape index (κ2) is 5.04. The summed E-state index contributed by atoms with van der Waals surface area (Å²) in [6, 6.07) is 27.3. The summed E-state index contributed by atoms with van der Waals surface area (Å²) in [6.45, 7) is 0. The molecule has 0 saturated carbocycles. The SMILES string of the molecule is O=c1c2ccccc2n(-c2ccccc2)n1-c1ccccc1. The van der Waals surface area contributed by atoms with Gasteiger partial charge in [0, 0.05) is 0 Å². The van der Waals surface area contributed by atoms with Crippen LogP contribution in [-0.4, -0.2) is 9.36 Å². The van der Waals surface area contributed by atoms with E-state index in [4.69, 9.17) is 0 Å². The highest BCUT2D eigenvalue weighted by Gasteiger charge is 2.15. The van der Waals surface area contributed by atoms with Crippen molar-refractivity contribution in [3.63, 3.8) is 0 Å². The predicted molar refractivity (Wildman–Crippen MR) is 88.9 cm³/mol. The third-order valence-corrected chi connectivity index (χ3v) is 3.76. The lowest BCUT2D eigenvalue weighted by Crippen LogP contribution is -2.20. The van der Waals surface area contributed by atoms with Crippen molar-refractivity contribution in [3.05, 3.63) is 95.3 Å². The van der Waals surface area contributed by atoms with Crippen LogP contribution >= 0.6 is 0 Å². The molecule has 1 heterocycles. The van der Waals surface area contributed by atoms with Crippen molar-refractivity contribution in [1.29, 1.82) is 0 Å². The van der Waals surface area contributed by atoms with Crippen molar-refractivity contribution in [1.82, 2.24) is 9.36 Å². The Labute approximate surface area is 127 Å². The highest BCUT2D eigenvalue weighted by Crippen LogP contribution is 2.19. The Hall–Kier alpha value is -3.07. The first-order valence-electron chi connectivity index (χ1n) is 7.20. The van der Waals surface area contributed by atoms with Crippen LogP contribution in [0.3, 0.4) is 0 Å². The molecule has 106 valence electrons. The largest absolute Gasteiger partial charge is 0.279 e. The summed E-state index contributed by atoms with van der Waals surface area (Å²) in [5.74, 6) is 0. The van der Waals surface area contributed by atoms with Gasteiger partial charge in [-0.3, -0.25) is 4.79 Å². The monoisotopic (exact) mass is 286 g/mol. The van der Waals surface area contributed by atoms with E-state index in [1.54, 1.807) is 4.68 Å². The number of fused-ring (bicyclic) bond motifs is 1. The fraction of sp³-hybridized carbons (Fsp3) is 0. The topological polar surface area (TPSA) is 26.9 Å². The number of hydrogen-bond acceptors (Lipinski definition) is 1. The van der Waals surface area contributed by atoms with Gasteiger partial charge in [0.15, 0.2) is 0 Å². The van der Waals surface area contributed by atoms with Crippen LogP contribution in [-0.2, 0) is 0 Å². The summed E-state index contributed by atoms with van der Waals surface area (Å²) in [4.78, 5) is 12.9. The molecule has 0 radical (unpaired) electrons. The maximum absolute atomic E-state index is 12.9. The lowest BCUT2D eigenvalue weighted by Gasteiger charge is -2.12. The third-order valence-electron chi connectivity index (χ3n) is 3.76. The number of para-hydroxylation sites is 3. The van der Waals surface area contributed by atoms with E-state index >= 15 is 0 Å².